The average molecular weight is 222 g/mol. The van der Waals surface area contributed by atoms with Gasteiger partial charge in [0.15, 0.2) is 0 Å². The second kappa shape index (κ2) is 5.21. The summed E-state index contributed by atoms with van der Waals surface area (Å²) in [4.78, 5) is 2.16. The Bertz CT molecular complexity index is 314. The molecule has 0 heterocycles. The van der Waals surface area contributed by atoms with Crippen molar-refractivity contribution in [3.63, 3.8) is 0 Å². The molecule has 0 saturated carbocycles. The molecule has 0 fully saturated rings. The average Bonchev–Trinajstić information content (AvgIpc) is 2.16. The maximum Gasteiger partial charge on any atom is 0.0648 e. The summed E-state index contributed by atoms with van der Waals surface area (Å²) < 4.78 is 5.68. The van der Waals surface area contributed by atoms with Crippen LogP contribution in [0.1, 0.15) is 20.8 Å². The van der Waals surface area contributed by atoms with Crippen LogP contribution < -0.4 is 10.6 Å². The summed E-state index contributed by atoms with van der Waals surface area (Å²) in [6, 6.07) is 7.87. The molecule has 1 aromatic rings. The molecule has 16 heavy (non-hydrogen) atoms. The predicted molar refractivity (Wildman–Crippen MR) is 69.8 cm³/mol. The van der Waals surface area contributed by atoms with E-state index in [0.29, 0.717) is 0 Å². The third-order valence-corrected chi connectivity index (χ3v) is 2.30. The molecule has 3 nitrogen and oxygen atoms in total. The van der Waals surface area contributed by atoms with Crippen molar-refractivity contribution >= 4 is 11.4 Å². The van der Waals surface area contributed by atoms with Gasteiger partial charge in [0.05, 0.1) is 12.2 Å². The quantitative estimate of drug-likeness (QED) is 0.796. The van der Waals surface area contributed by atoms with E-state index in [0.717, 1.165) is 24.5 Å². The molecule has 0 saturated heterocycles. The monoisotopic (exact) mass is 222 g/mol. The molecule has 2 N–H and O–H groups in total. The molecule has 0 aliphatic rings. The lowest BCUT2D eigenvalue weighted by Crippen LogP contribution is -2.28. The number of hydrogen-bond donors (Lipinski definition) is 1. The molecule has 90 valence electrons. The van der Waals surface area contributed by atoms with Crippen molar-refractivity contribution in [3.05, 3.63) is 24.3 Å². The highest BCUT2D eigenvalue weighted by Crippen LogP contribution is 2.15. The van der Waals surface area contributed by atoms with E-state index in [1.165, 1.54) is 0 Å². The van der Waals surface area contributed by atoms with Gasteiger partial charge in [0.25, 0.3) is 0 Å². The van der Waals surface area contributed by atoms with Crippen LogP contribution in [0.25, 0.3) is 0 Å². The SMILES string of the molecule is CN(CCOC(C)(C)C)c1ccc(N)cc1. The lowest BCUT2D eigenvalue weighted by Gasteiger charge is -2.24. The van der Waals surface area contributed by atoms with Crippen molar-refractivity contribution in [2.24, 2.45) is 0 Å². The van der Waals surface area contributed by atoms with Crippen LogP contribution in [-0.4, -0.2) is 25.8 Å². The smallest absolute Gasteiger partial charge is 0.0648 e. The molecule has 0 atom stereocenters. The van der Waals surface area contributed by atoms with E-state index in [1.54, 1.807) is 0 Å². The van der Waals surface area contributed by atoms with Crippen LogP contribution in [0.3, 0.4) is 0 Å². The molecule has 0 aliphatic heterocycles. The Kier molecular flexibility index (Phi) is 4.19. The van der Waals surface area contributed by atoms with Crippen LogP contribution in [0.2, 0.25) is 0 Å². The summed E-state index contributed by atoms with van der Waals surface area (Å²) in [6.45, 7) is 7.80. The molecule has 0 radical (unpaired) electrons. The number of ether oxygens (including phenoxy) is 1. The summed E-state index contributed by atoms with van der Waals surface area (Å²) >= 11 is 0. The first-order valence-corrected chi connectivity index (χ1v) is 5.59. The molecule has 3 heteroatoms. The van der Waals surface area contributed by atoms with Gasteiger partial charge in [-0.15, -0.1) is 0 Å². The molecule has 0 bridgehead atoms. The second-order valence-corrected chi connectivity index (χ2v) is 4.97. The van der Waals surface area contributed by atoms with Crippen molar-refractivity contribution in [1.82, 2.24) is 0 Å². The summed E-state index contributed by atoms with van der Waals surface area (Å²) in [6.07, 6.45) is 0. The number of hydrogen-bond acceptors (Lipinski definition) is 3. The molecule has 0 aliphatic carbocycles. The summed E-state index contributed by atoms with van der Waals surface area (Å²) in [5, 5.41) is 0. The number of nitrogens with two attached hydrogens (primary N) is 1. The molecule has 1 aromatic carbocycles. The van der Waals surface area contributed by atoms with Crippen molar-refractivity contribution in [2.75, 3.05) is 30.8 Å². The van der Waals surface area contributed by atoms with Crippen LogP contribution in [0.5, 0.6) is 0 Å². The number of nitrogen functional groups attached to an aromatic ring is 1. The minimum absolute atomic E-state index is 0.0675. The first-order valence-electron chi connectivity index (χ1n) is 5.59. The van der Waals surface area contributed by atoms with Crippen LogP contribution in [0, 0.1) is 0 Å². The van der Waals surface area contributed by atoms with E-state index in [9.17, 15) is 0 Å². The molecular weight excluding hydrogens is 200 g/mol. The van der Waals surface area contributed by atoms with Crippen molar-refractivity contribution < 1.29 is 4.74 Å². The minimum Gasteiger partial charge on any atom is -0.399 e. The normalized spacial score (nSPS) is 11.5. The summed E-state index contributed by atoms with van der Waals surface area (Å²) in [7, 11) is 2.05. The van der Waals surface area contributed by atoms with E-state index >= 15 is 0 Å². The van der Waals surface area contributed by atoms with Gasteiger partial charge in [0.1, 0.15) is 0 Å². The Labute approximate surface area is 98.2 Å². The standard InChI is InChI=1S/C13H22N2O/c1-13(2,3)16-10-9-15(4)12-7-5-11(14)6-8-12/h5-8H,9-10,14H2,1-4H3. The molecular formula is C13H22N2O. The molecule has 0 amide bonds. The summed E-state index contributed by atoms with van der Waals surface area (Å²) in [5.74, 6) is 0. The van der Waals surface area contributed by atoms with Gasteiger partial charge in [0, 0.05) is 25.0 Å². The van der Waals surface area contributed by atoms with Gasteiger partial charge in [-0.3, -0.25) is 0 Å². The highest BCUT2D eigenvalue weighted by Gasteiger charge is 2.10. The van der Waals surface area contributed by atoms with Gasteiger partial charge in [-0.1, -0.05) is 0 Å². The summed E-state index contributed by atoms with van der Waals surface area (Å²) in [5.41, 5.74) is 7.53. The lowest BCUT2D eigenvalue weighted by molar-refractivity contribution is 0.00168. The molecule has 1 rings (SSSR count). The fourth-order valence-electron chi connectivity index (χ4n) is 1.35. The zero-order chi connectivity index (χ0) is 12.2. The Hall–Kier alpha value is -1.22. The van der Waals surface area contributed by atoms with Gasteiger partial charge < -0.3 is 15.4 Å². The van der Waals surface area contributed by atoms with Crippen molar-refractivity contribution in [3.8, 4) is 0 Å². The first kappa shape index (κ1) is 12.8. The van der Waals surface area contributed by atoms with Gasteiger partial charge in [0.2, 0.25) is 0 Å². The number of anilines is 2. The van der Waals surface area contributed by atoms with Crippen molar-refractivity contribution in [1.29, 1.82) is 0 Å². The van der Waals surface area contributed by atoms with Gasteiger partial charge in [-0.25, -0.2) is 0 Å². The van der Waals surface area contributed by atoms with Crippen molar-refractivity contribution in [2.45, 2.75) is 26.4 Å². The van der Waals surface area contributed by atoms with E-state index in [2.05, 4.69) is 32.7 Å². The molecule has 0 aromatic heterocycles. The van der Waals surface area contributed by atoms with Gasteiger partial charge in [-0.2, -0.15) is 0 Å². The van der Waals surface area contributed by atoms with Gasteiger partial charge in [-0.05, 0) is 45.0 Å². The van der Waals surface area contributed by atoms with E-state index in [-0.39, 0.29) is 5.60 Å². The number of benzene rings is 1. The van der Waals surface area contributed by atoms with Crippen LogP contribution in [0.4, 0.5) is 11.4 Å². The Balaban J connectivity index is 2.41. The predicted octanol–water partition coefficient (Wildman–Crippen LogP) is 2.52. The maximum absolute atomic E-state index is 5.68. The highest BCUT2D eigenvalue weighted by atomic mass is 16.5. The largest absolute Gasteiger partial charge is 0.399 e. The zero-order valence-electron chi connectivity index (χ0n) is 10.7. The fourth-order valence-corrected chi connectivity index (χ4v) is 1.35. The van der Waals surface area contributed by atoms with E-state index in [4.69, 9.17) is 10.5 Å². The highest BCUT2D eigenvalue weighted by molar-refractivity contribution is 5.52. The second-order valence-electron chi connectivity index (χ2n) is 4.97. The number of nitrogens with zero attached hydrogens (tertiary/aromatic N) is 1. The minimum atomic E-state index is -0.0675. The zero-order valence-corrected chi connectivity index (χ0v) is 10.7. The molecule has 0 unspecified atom stereocenters. The van der Waals surface area contributed by atoms with Crippen LogP contribution in [-0.2, 0) is 4.74 Å². The third-order valence-electron chi connectivity index (χ3n) is 2.30. The maximum atomic E-state index is 5.68. The van der Waals surface area contributed by atoms with E-state index < -0.39 is 0 Å². The van der Waals surface area contributed by atoms with E-state index in [1.807, 2.05) is 24.3 Å². The number of likely N-dealkylation sites (N-methyl/N-ethyl adjacent to an activating group) is 1. The Morgan fingerprint density at radius 2 is 1.75 bits per heavy atom. The van der Waals surface area contributed by atoms with Gasteiger partial charge >= 0.3 is 0 Å². The lowest BCUT2D eigenvalue weighted by atomic mass is 10.2. The first-order chi connectivity index (χ1) is 7.38. The Morgan fingerprint density at radius 3 is 2.25 bits per heavy atom. The topological polar surface area (TPSA) is 38.5 Å². The fraction of sp³-hybridized carbons (Fsp3) is 0.538. The van der Waals surface area contributed by atoms with Crippen LogP contribution >= 0.6 is 0 Å². The third kappa shape index (κ3) is 4.53. The van der Waals surface area contributed by atoms with Crippen LogP contribution in [0.15, 0.2) is 24.3 Å². The molecule has 0 spiro atoms. The number of rotatable bonds is 4. The Morgan fingerprint density at radius 1 is 1.19 bits per heavy atom.